The van der Waals surface area contributed by atoms with Crippen LogP contribution in [0.4, 0.5) is 0 Å². The number of benzene rings is 2. The zero-order valence-corrected chi connectivity index (χ0v) is 17.1. The lowest BCUT2D eigenvalue weighted by Crippen LogP contribution is -2.52. The molecule has 0 unspecified atom stereocenters. The third kappa shape index (κ3) is 4.65. The molecule has 0 aliphatic carbocycles. The molecule has 1 atom stereocenters. The van der Waals surface area contributed by atoms with Gasteiger partial charge in [0, 0.05) is 32.7 Å². The van der Waals surface area contributed by atoms with Crippen molar-refractivity contribution in [2.75, 3.05) is 33.0 Å². The molecule has 2 heterocycles. The molecular formula is C23H28N2O4. The van der Waals surface area contributed by atoms with Crippen molar-refractivity contribution in [1.29, 1.82) is 0 Å². The Morgan fingerprint density at radius 2 is 1.76 bits per heavy atom. The molecule has 2 aromatic carbocycles. The summed E-state index contributed by atoms with van der Waals surface area (Å²) in [5.41, 5.74) is 2.37. The fraction of sp³-hybridized carbons (Fsp3) is 0.435. The van der Waals surface area contributed by atoms with E-state index in [1.807, 2.05) is 55.1 Å². The van der Waals surface area contributed by atoms with Crippen LogP contribution < -0.4 is 14.2 Å². The molecule has 0 saturated carbocycles. The Bertz CT molecular complexity index is 844. The van der Waals surface area contributed by atoms with Gasteiger partial charge in [-0.05, 0) is 43.2 Å². The van der Waals surface area contributed by atoms with Gasteiger partial charge < -0.3 is 19.1 Å². The minimum Gasteiger partial charge on any atom is -0.481 e. The lowest BCUT2D eigenvalue weighted by Gasteiger charge is -2.36. The van der Waals surface area contributed by atoms with Gasteiger partial charge in [-0.1, -0.05) is 30.7 Å². The van der Waals surface area contributed by atoms with Gasteiger partial charge in [-0.3, -0.25) is 9.69 Å². The third-order valence-electron chi connectivity index (χ3n) is 5.47. The smallest absolute Gasteiger partial charge is 0.263 e. The fourth-order valence-corrected chi connectivity index (χ4v) is 3.72. The Kier molecular flexibility index (Phi) is 5.90. The average molecular weight is 396 g/mol. The van der Waals surface area contributed by atoms with Crippen LogP contribution in [-0.2, 0) is 11.3 Å². The fourth-order valence-electron chi connectivity index (χ4n) is 3.72. The largest absolute Gasteiger partial charge is 0.481 e. The molecule has 6 nitrogen and oxygen atoms in total. The molecule has 2 aliphatic rings. The normalized spacial score (nSPS) is 17.2. The molecule has 0 N–H and O–H groups in total. The van der Waals surface area contributed by atoms with E-state index < -0.39 is 6.10 Å². The van der Waals surface area contributed by atoms with Crippen molar-refractivity contribution in [1.82, 2.24) is 9.80 Å². The van der Waals surface area contributed by atoms with Crippen molar-refractivity contribution < 1.29 is 19.0 Å². The molecule has 4 rings (SSSR count). The zero-order chi connectivity index (χ0) is 20.2. The van der Waals surface area contributed by atoms with Crippen LogP contribution in [0, 0.1) is 6.92 Å². The van der Waals surface area contributed by atoms with Crippen LogP contribution >= 0.6 is 0 Å². The molecule has 1 saturated heterocycles. The Morgan fingerprint density at radius 1 is 1.03 bits per heavy atom. The summed E-state index contributed by atoms with van der Waals surface area (Å²) in [4.78, 5) is 17.2. The Balaban J connectivity index is 1.30. The van der Waals surface area contributed by atoms with Gasteiger partial charge in [-0.15, -0.1) is 0 Å². The number of hydrogen-bond donors (Lipinski definition) is 0. The van der Waals surface area contributed by atoms with Crippen LogP contribution in [0.3, 0.4) is 0 Å². The summed E-state index contributed by atoms with van der Waals surface area (Å²) in [5, 5.41) is 0. The number of aryl methyl sites for hydroxylation is 1. The summed E-state index contributed by atoms with van der Waals surface area (Å²) >= 11 is 0. The number of fused-ring (bicyclic) bond motifs is 1. The van der Waals surface area contributed by atoms with E-state index in [-0.39, 0.29) is 5.91 Å². The number of carbonyl (C=O) groups excluding carboxylic acids is 1. The molecule has 6 heteroatoms. The van der Waals surface area contributed by atoms with E-state index in [2.05, 4.69) is 11.0 Å². The van der Waals surface area contributed by atoms with Crippen LogP contribution in [0.25, 0.3) is 0 Å². The third-order valence-corrected chi connectivity index (χ3v) is 5.47. The Hall–Kier alpha value is -2.73. The van der Waals surface area contributed by atoms with E-state index in [9.17, 15) is 4.79 Å². The van der Waals surface area contributed by atoms with Gasteiger partial charge in [0.25, 0.3) is 5.91 Å². The predicted octanol–water partition coefficient (Wildman–Crippen LogP) is 3.23. The van der Waals surface area contributed by atoms with Gasteiger partial charge in [0.05, 0.1) is 0 Å². The number of ether oxygens (including phenoxy) is 3. The van der Waals surface area contributed by atoms with Gasteiger partial charge in [0.1, 0.15) is 5.75 Å². The van der Waals surface area contributed by atoms with Gasteiger partial charge in [0.15, 0.2) is 17.6 Å². The predicted molar refractivity (Wildman–Crippen MR) is 110 cm³/mol. The highest BCUT2D eigenvalue weighted by Gasteiger charge is 2.28. The Morgan fingerprint density at radius 3 is 2.48 bits per heavy atom. The van der Waals surface area contributed by atoms with E-state index in [0.717, 1.165) is 50.0 Å². The maximum Gasteiger partial charge on any atom is 0.263 e. The minimum atomic E-state index is -0.432. The maximum absolute atomic E-state index is 12.9. The molecule has 0 bridgehead atoms. The lowest BCUT2D eigenvalue weighted by atomic mass is 10.1. The van der Waals surface area contributed by atoms with Crippen molar-refractivity contribution >= 4 is 5.91 Å². The topological polar surface area (TPSA) is 51.2 Å². The van der Waals surface area contributed by atoms with Gasteiger partial charge in [-0.2, -0.15) is 0 Å². The Labute approximate surface area is 172 Å². The molecular weight excluding hydrogens is 368 g/mol. The first-order valence-corrected chi connectivity index (χ1v) is 10.3. The summed E-state index contributed by atoms with van der Waals surface area (Å²) in [5.74, 6) is 2.45. The van der Waals surface area contributed by atoms with Gasteiger partial charge >= 0.3 is 0 Å². The number of rotatable bonds is 6. The average Bonchev–Trinajstić information content (AvgIpc) is 3.21. The highest BCUT2D eigenvalue weighted by atomic mass is 16.7. The van der Waals surface area contributed by atoms with Crippen molar-refractivity contribution in [2.24, 2.45) is 0 Å². The molecule has 0 aromatic heterocycles. The highest BCUT2D eigenvalue weighted by Crippen LogP contribution is 2.32. The second-order valence-electron chi connectivity index (χ2n) is 7.62. The summed E-state index contributed by atoms with van der Waals surface area (Å²) in [6.07, 6.45) is 0.225. The zero-order valence-electron chi connectivity index (χ0n) is 17.1. The van der Waals surface area contributed by atoms with E-state index in [4.69, 9.17) is 14.2 Å². The van der Waals surface area contributed by atoms with Crippen molar-refractivity contribution in [3.63, 3.8) is 0 Å². The standard InChI is InChI=1S/C23H28N2O4/c1-3-20(29-19-7-4-17(2)5-8-19)23(26)25-12-10-24(11-13-25)15-18-6-9-21-22(14-18)28-16-27-21/h4-9,14,20H,3,10-13,15-16H2,1-2H3/t20-/m0/s1. The van der Waals surface area contributed by atoms with Crippen LogP contribution in [-0.4, -0.2) is 54.8 Å². The van der Waals surface area contributed by atoms with E-state index in [1.54, 1.807) is 0 Å². The quantitative estimate of drug-likeness (QED) is 0.750. The molecule has 154 valence electrons. The first-order chi connectivity index (χ1) is 14.1. The van der Waals surface area contributed by atoms with Crippen LogP contribution in [0.2, 0.25) is 0 Å². The summed E-state index contributed by atoms with van der Waals surface area (Å²) in [7, 11) is 0. The lowest BCUT2D eigenvalue weighted by molar-refractivity contribution is -0.140. The van der Waals surface area contributed by atoms with Crippen molar-refractivity contribution in [3.8, 4) is 17.2 Å². The number of carbonyl (C=O) groups is 1. The first kappa shape index (κ1) is 19.6. The monoisotopic (exact) mass is 396 g/mol. The van der Waals surface area contributed by atoms with Gasteiger partial charge in [0.2, 0.25) is 6.79 Å². The SMILES string of the molecule is CC[C@H](Oc1ccc(C)cc1)C(=O)N1CCN(Cc2ccc3c(c2)OCO3)CC1. The number of nitrogens with zero attached hydrogens (tertiary/aromatic N) is 2. The van der Waals surface area contributed by atoms with Crippen molar-refractivity contribution in [2.45, 2.75) is 32.9 Å². The van der Waals surface area contributed by atoms with E-state index in [1.165, 1.54) is 11.1 Å². The van der Waals surface area contributed by atoms with Crippen molar-refractivity contribution in [3.05, 3.63) is 53.6 Å². The molecule has 1 amide bonds. The molecule has 29 heavy (non-hydrogen) atoms. The molecule has 2 aromatic rings. The maximum atomic E-state index is 12.9. The summed E-state index contributed by atoms with van der Waals surface area (Å²) in [6.45, 7) is 8.30. The van der Waals surface area contributed by atoms with E-state index in [0.29, 0.717) is 13.2 Å². The minimum absolute atomic E-state index is 0.0794. The van der Waals surface area contributed by atoms with Gasteiger partial charge in [-0.25, -0.2) is 0 Å². The molecule has 0 spiro atoms. The second kappa shape index (κ2) is 8.74. The highest BCUT2D eigenvalue weighted by molar-refractivity contribution is 5.81. The van der Waals surface area contributed by atoms with Crippen LogP contribution in [0.1, 0.15) is 24.5 Å². The van der Waals surface area contributed by atoms with Crippen LogP contribution in [0.5, 0.6) is 17.2 Å². The number of hydrogen-bond acceptors (Lipinski definition) is 5. The molecule has 2 aliphatic heterocycles. The summed E-state index contributed by atoms with van der Waals surface area (Å²) < 4.78 is 16.8. The number of piperazine rings is 1. The first-order valence-electron chi connectivity index (χ1n) is 10.3. The summed E-state index contributed by atoms with van der Waals surface area (Å²) in [6, 6.07) is 13.9. The second-order valence-corrected chi connectivity index (χ2v) is 7.62. The van der Waals surface area contributed by atoms with E-state index >= 15 is 0 Å². The molecule has 0 radical (unpaired) electrons. The number of amides is 1. The molecule has 1 fully saturated rings. The van der Waals surface area contributed by atoms with Crippen LogP contribution in [0.15, 0.2) is 42.5 Å².